The van der Waals surface area contributed by atoms with Gasteiger partial charge in [0.1, 0.15) is 5.52 Å². The van der Waals surface area contributed by atoms with Crippen LogP contribution >= 0.6 is 0 Å². The first-order chi connectivity index (χ1) is 11.3. The highest BCUT2D eigenvalue weighted by molar-refractivity contribution is 6.24. The van der Waals surface area contributed by atoms with Crippen molar-refractivity contribution in [3.8, 4) is 0 Å². The van der Waals surface area contributed by atoms with Gasteiger partial charge in [0, 0.05) is 41.0 Å². The van der Waals surface area contributed by atoms with Crippen molar-refractivity contribution in [3.63, 3.8) is 0 Å². The molecule has 0 aliphatic rings. The lowest BCUT2D eigenvalue weighted by molar-refractivity contribution is -0.584. The minimum absolute atomic E-state index is 1.06. The van der Waals surface area contributed by atoms with Crippen molar-refractivity contribution in [2.45, 2.75) is 6.92 Å². The molecule has 23 heavy (non-hydrogen) atoms. The molecule has 0 aliphatic heterocycles. The minimum atomic E-state index is 1.06. The van der Waals surface area contributed by atoms with E-state index in [1.54, 1.807) is 0 Å². The SMILES string of the molecule is Cc1cccc2cc3c4ccccc4c4ccccc4c3n[n+]12. The summed E-state index contributed by atoms with van der Waals surface area (Å²) in [6.45, 7) is 2.09. The molecule has 0 unspecified atom stereocenters. The van der Waals surface area contributed by atoms with E-state index in [0.29, 0.717) is 0 Å². The van der Waals surface area contributed by atoms with Crippen LogP contribution in [-0.2, 0) is 0 Å². The van der Waals surface area contributed by atoms with E-state index < -0.39 is 0 Å². The monoisotopic (exact) mass is 295 g/mol. The summed E-state index contributed by atoms with van der Waals surface area (Å²) >= 11 is 0. The lowest BCUT2D eigenvalue weighted by atomic mass is 9.97. The minimum Gasteiger partial charge on any atom is -0.0616 e. The summed E-state index contributed by atoms with van der Waals surface area (Å²) in [5, 5.41) is 11.2. The average molecular weight is 295 g/mol. The summed E-state index contributed by atoms with van der Waals surface area (Å²) in [5.74, 6) is 0. The van der Waals surface area contributed by atoms with Crippen LogP contribution in [0.5, 0.6) is 0 Å². The quantitative estimate of drug-likeness (QED) is 0.232. The Kier molecular flexibility index (Phi) is 2.45. The van der Waals surface area contributed by atoms with Crippen LogP contribution in [0.15, 0.2) is 72.8 Å². The van der Waals surface area contributed by atoms with E-state index in [2.05, 4.69) is 79.7 Å². The Balaban J connectivity index is 2.16. The van der Waals surface area contributed by atoms with E-state index in [-0.39, 0.29) is 0 Å². The van der Waals surface area contributed by atoms with Gasteiger partial charge < -0.3 is 0 Å². The fourth-order valence-electron chi connectivity index (χ4n) is 3.53. The maximum absolute atomic E-state index is 4.97. The van der Waals surface area contributed by atoms with E-state index in [9.17, 15) is 0 Å². The van der Waals surface area contributed by atoms with Crippen molar-refractivity contribution in [2.75, 3.05) is 0 Å². The predicted octanol–water partition coefficient (Wildman–Crippen LogP) is 4.59. The number of benzene rings is 3. The maximum atomic E-state index is 4.97. The Labute approximate surface area is 133 Å². The van der Waals surface area contributed by atoms with Crippen molar-refractivity contribution >= 4 is 38.0 Å². The van der Waals surface area contributed by atoms with E-state index in [4.69, 9.17) is 5.10 Å². The largest absolute Gasteiger partial charge is 0.239 e. The molecule has 2 aromatic heterocycles. The van der Waals surface area contributed by atoms with Crippen LogP contribution in [0.2, 0.25) is 0 Å². The van der Waals surface area contributed by atoms with Crippen LogP contribution < -0.4 is 4.52 Å². The second-order valence-corrected chi connectivity index (χ2v) is 6.00. The number of nitrogens with zero attached hydrogens (tertiary/aromatic N) is 2. The van der Waals surface area contributed by atoms with Crippen LogP contribution in [0.25, 0.3) is 38.0 Å². The molecule has 0 amide bonds. The molecular weight excluding hydrogens is 280 g/mol. The summed E-state index contributed by atoms with van der Waals surface area (Å²) in [7, 11) is 0. The number of aromatic nitrogens is 2. The molecule has 0 aliphatic carbocycles. The van der Waals surface area contributed by atoms with Crippen LogP contribution in [-0.4, -0.2) is 5.10 Å². The van der Waals surface area contributed by atoms with Crippen molar-refractivity contribution in [1.29, 1.82) is 0 Å². The lowest BCUT2D eigenvalue weighted by Gasteiger charge is -2.08. The molecule has 0 bridgehead atoms. The van der Waals surface area contributed by atoms with E-state index in [1.807, 2.05) is 4.52 Å². The highest BCUT2D eigenvalue weighted by Crippen LogP contribution is 2.33. The predicted molar refractivity (Wildman–Crippen MR) is 94.7 cm³/mol. The van der Waals surface area contributed by atoms with E-state index in [0.717, 1.165) is 16.7 Å². The van der Waals surface area contributed by atoms with Crippen LogP contribution in [0.1, 0.15) is 5.69 Å². The summed E-state index contributed by atoms with van der Waals surface area (Å²) < 4.78 is 2.03. The third kappa shape index (κ3) is 1.69. The van der Waals surface area contributed by atoms with Crippen molar-refractivity contribution < 1.29 is 4.52 Å². The van der Waals surface area contributed by atoms with Gasteiger partial charge in [-0.2, -0.15) is 0 Å². The van der Waals surface area contributed by atoms with Gasteiger partial charge in [0.2, 0.25) is 11.2 Å². The van der Waals surface area contributed by atoms with Gasteiger partial charge >= 0.3 is 0 Å². The molecule has 2 heteroatoms. The second kappa shape index (κ2) is 4.50. The van der Waals surface area contributed by atoms with Gasteiger partial charge in [-0.05, 0) is 26.7 Å². The molecule has 5 aromatic rings. The van der Waals surface area contributed by atoms with Crippen LogP contribution in [0.4, 0.5) is 0 Å². The van der Waals surface area contributed by atoms with Crippen molar-refractivity contribution in [1.82, 2.24) is 5.10 Å². The molecule has 0 radical (unpaired) electrons. The fourth-order valence-corrected chi connectivity index (χ4v) is 3.53. The molecule has 2 heterocycles. The summed E-state index contributed by atoms with van der Waals surface area (Å²) in [6.07, 6.45) is 0. The lowest BCUT2D eigenvalue weighted by Crippen LogP contribution is -2.30. The fraction of sp³-hybridized carbons (Fsp3) is 0.0476. The molecule has 108 valence electrons. The molecule has 0 atom stereocenters. The van der Waals surface area contributed by atoms with Crippen molar-refractivity contribution in [3.05, 3.63) is 78.5 Å². The third-order valence-electron chi connectivity index (χ3n) is 4.62. The zero-order chi connectivity index (χ0) is 15.4. The number of hydrogen-bond acceptors (Lipinski definition) is 1. The number of hydrogen-bond donors (Lipinski definition) is 0. The molecular formula is C21H15N2+. The first-order valence-electron chi connectivity index (χ1n) is 7.85. The van der Waals surface area contributed by atoms with E-state index in [1.165, 1.54) is 26.9 Å². The Morgan fingerprint density at radius 3 is 2.00 bits per heavy atom. The van der Waals surface area contributed by atoms with Crippen LogP contribution in [0, 0.1) is 6.92 Å². The molecule has 0 spiro atoms. The summed E-state index contributed by atoms with van der Waals surface area (Å²) in [4.78, 5) is 0. The second-order valence-electron chi connectivity index (χ2n) is 6.00. The van der Waals surface area contributed by atoms with Gasteiger partial charge in [0.05, 0.1) is 0 Å². The molecule has 0 saturated carbocycles. The Hall–Kier alpha value is -3.00. The zero-order valence-electron chi connectivity index (χ0n) is 12.8. The molecule has 2 nitrogen and oxygen atoms in total. The van der Waals surface area contributed by atoms with Gasteiger partial charge in [-0.3, -0.25) is 0 Å². The topological polar surface area (TPSA) is 17.0 Å². The first kappa shape index (κ1) is 12.5. The molecule has 3 aromatic carbocycles. The van der Waals surface area contributed by atoms with Gasteiger partial charge in [-0.1, -0.05) is 48.5 Å². The third-order valence-corrected chi connectivity index (χ3v) is 4.62. The molecule has 0 fully saturated rings. The van der Waals surface area contributed by atoms with Gasteiger partial charge in [-0.25, -0.2) is 0 Å². The zero-order valence-corrected chi connectivity index (χ0v) is 12.8. The maximum Gasteiger partial charge on any atom is 0.239 e. The summed E-state index contributed by atoms with van der Waals surface area (Å²) in [5.41, 5.74) is 3.32. The molecule has 5 rings (SSSR count). The van der Waals surface area contributed by atoms with Gasteiger partial charge in [0.25, 0.3) is 0 Å². The van der Waals surface area contributed by atoms with Gasteiger partial charge in [-0.15, -0.1) is 0 Å². The Bertz CT molecular complexity index is 1220. The number of aryl methyl sites for hydroxylation is 1. The smallest absolute Gasteiger partial charge is 0.0616 e. The normalized spacial score (nSPS) is 11.7. The van der Waals surface area contributed by atoms with Crippen LogP contribution in [0.3, 0.4) is 0 Å². The van der Waals surface area contributed by atoms with E-state index >= 15 is 0 Å². The first-order valence-corrected chi connectivity index (χ1v) is 7.85. The highest BCUT2D eigenvalue weighted by Gasteiger charge is 2.15. The average Bonchev–Trinajstić information content (AvgIpc) is 2.61. The number of pyridine rings is 1. The number of rotatable bonds is 0. The van der Waals surface area contributed by atoms with Crippen molar-refractivity contribution in [2.24, 2.45) is 0 Å². The van der Waals surface area contributed by atoms with Gasteiger partial charge in [0.15, 0.2) is 0 Å². The summed E-state index contributed by atoms with van der Waals surface area (Å²) in [6, 6.07) is 25.7. The Morgan fingerprint density at radius 1 is 0.652 bits per heavy atom. The molecule has 0 N–H and O–H groups in total. The highest BCUT2D eigenvalue weighted by atomic mass is 15.2. The Morgan fingerprint density at radius 2 is 1.26 bits per heavy atom. The standard InChI is InChI=1S/C21H15N2/c1-14-7-6-8-15-13-20-18-11-3-2-9-16(18)17-10-4-5-12-19(17)21(20)22-23(14)15/h2-13H,1H3/q+1. The molecule has 0 saturated heterocycles. The number of fused-ring (bicyclic) bond motifs is 7.